The van der Waals surface area contributed by atoms with Gasteiger partial charge in [0.25, 0.3) is 5.91 Å². The number of benzene rings is 2. The van der Waals surface area contributed by atoms with Gasteiger partial charge in [0, 0.05) is 18.6 Å². The maximum atomic E-state index is 12.9. The zero-order valence-corrected chi connectivity index (χ0v) is 17.8. The van der Waals surface area contributed by atoms with Crippen molar-refractivity contribution in [3.63, 3.8) is 0 Å². The lowest BCUT2D eigenvalue weighted by molar-refractivity contribution is -0.142. The summed E-state index contributed by atoms with van der Waals surface area (Å²) < 4.78 is 5.56. The zero-order valence-electron chi connectivity index (χ0n) is 15.5. The Labute approximate surface area is 179 Å². The number of nitrogens with one attached hydrogen (secondary N) is 1. The maximum absolute atomic E-state index is 12.9. The van der Waals surface area contributed by atoms with Gasteiger partial charge in [0.05, 0.1) is 10.0 Å². The molecule has 0 fully saturated rings. The molecule has 0 saturated heterocycles. The third kappa shape index (κ3) is 6.03. The number of carbonyl (C=O) groups is 2. The molecule has 0 spiro atoms. The Morgan fingerprint density at radius 1 is 1.11 bits per heavy atom. The van der Waals surface area contributed by atoms with Gasteiger partial charge in [-0.05, 0) is 42.3 Å². The number of likely N-dealkylation sites (N-methyl/N-ethyl adjacent to an activating group) is 1. The summed E-state index contributed by atoms with van der Waals surface area (Å²) in [5.74, 6) is -0.108. The molecule has 1 atom stereocenters. The Morgan fingerprint density at radius 3 is 2.46 bits per heavy atom. The van der Waals surface area contributed by atoms with Crippen LogP contribution in [0.25, 0.3) is 0 Å². The van der Waals surface area contributed by atoms with Gasteiger partial charge in [-0.2, -0.15) is 0 Å². The van der Waals surface area contributed by atoms with E-state index in [1.807, 2.05) is 6.92 Å². The third-order valence-electron chi connectivity index (χ3n) is 4.13. The molecule has 28 heavy (non-hydrogen) atoms. The minimum atomic E-state index is -0.644. The number of nitrogens with zero attached hydrogens (tertiary/aromatic N) is 1. The number of carbonyl (C=O) groups excluding carboxylic acids is 2. The summed E-state index contributed by atoms with van der Waals surface area (Å²) in [6, 6.07) is 11.2. The fraction of sp³-hybridized carbons (Fsp3) is 0.300. The number of hydrogen-bond donors (Lipinski definition) is 1. The fourth-order valence-electron chi connectivity index (χ4n) is 2.71. The van der Waals surface area contributed by atoms with Crippen molar-refractivity contribution >= 4 is 46.6 Å². The summed E-state index contributed by atoms with van der Waals surface area (Å²) in [6.45, 7) is 1.81. The summed E-state index contributed by atoms with van der Waals surface area (Å²) in [5.41, 5.74) is 0.757. The van der Waals surface area contributed by atoms with Gasteiger partial charge in [0.2, 0.25) is 5.91 Å². The molecule has 0 aromatic heterocycles. The van der Waals surface area contributed by atoms with E-state index in [0.717, 1.165) is 5.56 Å². The summed E-state index contributed by atoms with van der Waals surface area (Å²) in [4.78, 5) is 26.7. The highest BCUT2D eigenvalue weighted by molar-refractivity contribution is 6.42. The van der Waals surface area contributed by atoms with Crippen molar-refractivity contribution in [1.29, 1.82) is 0 Å². The molecule has 0 aliphatic rings. The van der Waals surface area contributed by atoms with E-state index < -0.39 is 6.04 Å². The molecule has 2 aromatic carbocycles. The predicted molar refractivity (Wildman–Crippen MR) is 112 cm³/mol. The largest absolute Gasteiger partial charge is 0.484 e. The van der Waals surface area contributed by atoms with Crippen LogP contribution in [-0.4, -0.2) is 36.4 Å². The summed E-state index contributed by atoms with van der Waals surface area (Å²) in [7, 11) is 1.54. The van der Waals surface area contributed by atoms with Crippen LogP contribution in [0.4, 0.5) is 0 Å². The van der Waals surface area contributed by atoms with Crippen molar-refractivity contribution < 1.29 is 14.3 Å². The van der Waals surface area contributed by atoms with E-state index in [4.69, 9.17) is 39.5 Å². The number of rotatable bonds is 8. The maximum Gasteiger partial charge on any atom is 0.261 e. The second-order valence-corrected chi connectivity index (χ2v) is 7.31. The molecule has 1 N–H and O–H groups in total. The number of halogens is 3. The van der Waals surface area contributed by atoms with Gasteiger partial charge in [-0.15, -0.1) is 0 Å². The molecule has 0 radical (unpaired) electrons. The molecular weight excluding hydrogens is 423 g/mol. The van der Waals surface area contributed by atoms with Gasteiger partial charge in [0.1, 0.15) is 11.8 Å². The minimum Gasteiger partial charge on any atom is -0.484 e. The molecule has 0 unspecified atom stereocenters. The number of hydrogen-bond acceptors (Lipinski definition) is 3. The van der Waals surface area contributed by atoms with Crippen molar-refractivity contribution in [2.24, 2.45) is 0 Å². The van der Waals surface area contributed by atoms with Crippen LogP contribution in [0.1, 0.15) is 18.9 Å². The van der Waals surface area contributed by atoms with Crippen LogP contribution in [0.3, 0.4) is 0 Å². The molecule has 0 bridgehead atoms. The average Bonchev–Trinajstić information content (AvgIpc) is 2.68. The first-order chi connectivity index (χ1) is 13.3. The van der Waals surface area contributed by atoms with Crippen molar-refractivity contribution in [2.45, 2.75) is 25.9 Å². The lowest BCUT2D eigenvalue weighted by Crippen LogP contribution is -2.49. The molecule has 2 aromatic rings. The fourth-order valence-corrected chi connectivity index (χ4v) is 3.21. The van der Waals surface area contributed by atoms with Gasteiger partial charge in [-0.25, -0.2) is 0 Å². The van der Waals surface area contributed by atoms with E-state index in [1.165, 1.54) is 11.9 Å². The molecule has 0 heterocycles. The van der Waals surface area contributed by atoms with E-state index in [1.54, 1.807) is 42.5 Å². The molecule has 150 valence electrons. The van der Waals surface area contributed by atoms with Crippen LogP contribution in [0.5, 0.6) is 5.75 Å². The highest BCUT2D eigenvalue weighted by Crippen LogP contribution is 2.24. The highest BCUT2D eigenvalue weighted by Gasteiger charge is 2.28. The smallest absolute Gasteiger partial charge is 0.261 e. The summed E-state index contributed by atoms with van der Waals surface area (Å²) >= 11 is 18.0. The molecule has 8 heteroatoms. The molecule has 2 rings (SSSR count). The topological polar surface area (TPSA) is 58.6 Å². The van der Waals surface area contributed by atoms with Crippen molar-refractivity contribution in [2.75, 3.05) is 13.7 Å². The van der Waals surface area contributed by atoms with Crippen molar-refractivity contribution in [3.8, 4) is 5.75 Å². The molecule has 0 saturated carbocycles. The second-order valence-electron chi connectivity index (χ2n) is 6.05. The Kier molecular flexibility index (Phi) is 8.42. The Bertz CT molecular complexity index is 845. The van der Waals surface area contributed by atoms with Crippen LogP contribution in [0.2, 0.25) is 15.1 Å². The van der Waals surface area contributed by atoms with Gasteiger partial charge in [-0.1, -0.05) is 53.9 Å². The standard InChI is InChI=1S/C20H21Cl3N2O3/c1-3-18(20(27)24-2)25(11-13-7-8-16(22)17(23)9-13)19(26)12-28-15-6-4-5-14(21)10-15/h4-10,18H,3,11-12H2,1-2H3,(H,24,27)/t18-/m1/s1. The van der Waals surface area contributed by atoms with Crippen molar-refractivity contribution in [3.05, 3.63) is 63.1 Å². The van der Waals surface area contributed by atoms with Gasteiger partial charge < -0.3 is 15.0 Å². The zero-order chi connectivity index (χ0) is 20.7. The predicted octanol–water partition coefficient (Wildman–Crippen LogP) is 4.58. The molecule has 5 nitrogen and oxygen atoms in total. The normalized spacial score (nSPS) is 11.6. The number of amides is 2. The minimum absolute atomic E-state index is 0.195. The first-order valence-corrected chi connectivity index (χ1v) is 9.82. The average molecular weight is 444 g/mol. The van der Waals surface area contributed by atoms with Gasteiger partial charge in [0.15, 0.2) is 6.61 Å². The van der Waals surface area contributed by atoms with Crippen LogP contribution in [0, 0.1) is 0 Å². The lowest BCUT2D eigenvalue weighted by atomic mass is 10.1. The Hall–Kier alpha value is -1.95. The molecule has 2 amide bonds. The summed E-state index contributed by atoms with van der Waals surface area (Å²) in [6.07, 6.45) is 0.448. The Morgan fingerprint density at radius 2 is 1.86 bits per heavy atom. The van der Waals surface area contributed by atoms with Crippen LogP contribution < -0.4 is 10.1 Å². The highest BCUT2D eigenvalue weighted by atomic mass is 35.5. The van der Waals surface area contributed by atoms with E-state index in [2.05, 4.69) is 5.32 Å². The first-order valence-electron chi connectivity index (χ1n) is 8.69. The Balaban J connectivity index is 2.21. The molecule has 0 aliphatic carbocycles. The quantitative estimate of drug-likeness (QED) is 0.650. The second kappa shape index (κ2) is 10.6. The molecular formula is C20H21Cl3N2O3. The SMILES string of the molecule is CC[C@H](C(=O)NC)N(Cc1ccc(Cl)c(Cl)c1)C(=O)COc1cccc(Cl)c1. The van der Waals surface area contributed by atoms with Crippen molar-refractivity contribution in [1.82, 2.24) is 10.2 Å². The van der Waals surface area contributed by atoms with Crippen LogP contribution in [-0.2, 0) is 16.1 Å². The van der Waals surface area contributed by atoms with Crippen LogP contribution >= 0.6 is 34.8 Å². The summed E-state index contributed by atoms with van der Waals surface area (Å²) in [5, 5.41) is 3.92. The van der Waals surface area contributed by atoms with Gasteiger partial charge in [-0.3, -0.25) is 9.59 Å². The monoisotopic (exact) mass is 442 g/mol. The molecule has 0 aliphatic heterocycles. The van der Waals surface area contributed by atoms with E-state index in [0.29, 0.717) is 27.2 Å². The van der Waals surface area contributed by atoms with Gasteiger partial charge >= 0.3 is 0 Å². The third-order valence-corrected chi connectivity index (χ3v) is 5.10. The van der Waals surface area contributed by atoms with Crippen LogP contribution in [0.15, 0.2) is 42.5 Å². The van der Waals surface area contributed by atoms with E-state index in [-0.39, 0.29) is 25.0 Å². The van der Waals surface area contributed by atoms with E-state index >= 15 is 0 Å². The number of ether oxygens (including phenoxy) is 1. The first kappa shape index (κ1) is 22.3. The van der Waals surface area contributed by atoms with E-state index in [9.17, 15) is 9.59 Å². The lowest BCUT2D eigenvalue weighted by Gasteiger charge is -2.30.